The van der Waals surface area contributed by atoms with Crippen LogP contribution in [0.15, 0.2) is 28.8 Å². The number of phenols is 1. The van der Waals surface area contributed by atoms with E-state index in [9.17, 15) is 5.11 Å². The first-order valence-corrected chi connectivity index (χ1v) is 6.10. The van der Waals surface area contributed by atoms with Crippen molar-refractivity contribution in [3.05, 3.63) is 30.2 Å². The molecule has 2 aromatic rings. The molecule has 1 fully saturated rings. The SMILES string of the molecule is CC1NCCC1c1nc(-c2cccc(O)c2)no1. The van der Waals surface area contributed by atoms with Crippen molar-refractivity contribution < 1.29 is 9.63 Å². The van der Waals surface area contributed by atoms with E-state index in [1.807, 2.05) is 6.07 Å². The second-order valence-electron chi connectivity index (χ2n) is 4.64. The summed E-state index contributed by atoms with van der Waals surface area (Å²) in [5.74, 6) is 1.68. The summed E-state index contributed by atoms with van der Waals surface area (Å²) < 4.78 is 5.33. The minimum Gasteiger partial charge on any atom is -0.508 e. The molecule has 1 aromatic heterocycles. The first-order chi connectivity index (χ1) is 8.74. The Labute approximate surface area is 105 Å². The number of hydrogen-bond donors (Lipinski definition) is 2. The summed E-state index contributed by atoms with van der Waals surface area (Å²) in [7, 11) is 0. The molecule has 0 aliphatic carbocycles. The van der Waals surface area contributed by atoms with Gasteiger partial charge in [0, 0.05) is 11.6 Å². The van der Waals surface area contributed by atoms with Gasteiger partial charge in [0.05, 0.1) is 5.92 Å². The lowest BCUT2D eigenvalue weighted by atomic mass is 10.0. The third-order valence-corrected chi connectivity index (χ3v) is 3.39. The zero-order valence-corrected chi connectivity index (χ0v) is 10.1. The van der Waals surface area contributed by atoms with Crippen molar-refractivity contribution in [2.45, 2.75) is 25.3 Å². The maximum Gasteiger partial charge on any atom is 0.231 e. The molecule has 2 unspecified atom stereocenters. The summed E-state index contributed by atoms with van der Waals surface area (Å²) >= 11 is 0. The normalized spacial score (nSPS) is 23.4. The van der Waals surface area contributed by atoms with Gasteiger partial charge in [-0.1, -0.05) is 17.3 Å². The molecule has 0 amide bonds. The fraction of sp³-hybridized carbons (Fsp3) is 0.385. The molecule has 3 rings (SSSR count). The summed E-state index contributed by atoms with van der Waals surface area (Å²) in [5.41, 5.74) is 0.767. The molecule has 1 saturated heterocycles. The van der Waals surface area contributed by atoms with Gasteiger partial charge in [-0.15, -0.1) is 0 Å². The van der Waals surface area contributed by atoms with E-state index in [-0.39, 0.29) is 11.7 Å². The van der Waals surface area contributed by atoms with Crippen LogP contribution in [-0.2, 0) is 0 Å². The molecule has 0 saturated carbocycles. The van der Waals surface area contributed by atoms with Gasteiger partial charge in [0.15, 0.2) is 0 Å². The number of nitrogens with zero attached hydrogens (tertiary/aromatic N) is 2. The molecule has 18 heavy (non-hydrogen) atoms. The van der Waals surface area contributed by atoms with Crippen LogP contribution in [0.1, 0.15) is 25.2 Å². The molecular formula is C13H15N3O2. The highest BCUT2D eigenvalue weighted by atomic mass is 16.5. The smallest absolute Gasteiger partial charge is 0.231 e. The fourth-order valence-corrected chi connectivity index (χ4v) is 2.34. The van der Waals surface area contributed by atoms with Crippen molar-refractivity contribution in [2.75, 3.05) is 6.54 Å². The Hall–Kier alpha value is -1.88. The number of nitrogens with one attached hydrogen (secondary N) is 1. The van der Waals surface area contributed by atoms with Crippen molar-refractivity contribution in [1.82, 2.24) is 15.5 Å². The van der Waals surface area contributed by atoms with Crippen LogP contribution in [0.3, 0.4) is 0 Å². The van der Waals surface area contributed by atoms with Gasteiger partial charge < -0.3 is 14.9 Å². The Morgan fingerprint density at radius 1 is 1.44 bits per heavy atom. The molecular weight excluding hydrogens is 230 g/mol. The first kappa shape index (κ1) is 11.2. The van der Waals surface area contributed by atoms with Gasteiger partial charge in [-0.3, -0.25) is 0 Å². The molecule has 2 heterocycles. The topological polar surface area (TPSA) is 71.2 Å². The van der Waals surface area contributed by atoms with Crippen LogP contribution in [0, 0.1) is 0 Å². The lowest BCUT2D eigenvalue weighted by Crippen LogP contribution is -2.21. The third-order valence-electron chi connectivity index (χ3n) is 3.39. The molecule has 1 aliphatic heterocycles. The fourth-order valence-electron chi connectivity index (χ4n) is 2.34. The highest BCUT2D eigenvalue weighted by Crippen LogP contribution is 2.28. The predicted molar refractivity (Wildman–Crippen MR) is 66.2 cm³/mol. The number of benzene rings is 1. The van der Waals surface area contributed by atoms with Crippen LogP contribution in [0.5, 0.6) is 5.75 Å². The third kappa shape index (κ3) is 1.97. The molecule has 5 nitrogen and oxygen atoms in total. The molecule has 1 aliphatic rings. The highest BCUT2D eigenvalue weighted by Gasteiger charge is 2.29. The van der Waals surface area contributed by atoms with E-state index >= 15 is 0 Å². The van der Waals surface area contributed by atoms with E-state index < -0.39 is 0 Å². The van der Waals surface area contributed by atoms with E-state index in [1.54, 1.807) is 18.2 Å². The summed E-state index contributed by atoms with van der Waals surface area (Å²) in [6.07, 6.45) is 1.02. The van der Waals surface area contributed by atoms with Crippen molar-refractivity contribution >= 4 is 0 Å². The second-order valence-corrected chi connectivity index (χ2v) is 4.64. The minimum atomic E-state index is 0.203. The van der Waals surface area contributed by atoms with Gasteiger partial charge in [0.1, 0.15) is 5.75 Å². The van der Waals surface area contributed by atoms with Gasteiger partial charge in [-0.2, -0.15) is 4.98 Å². The molecule has 0 radical (unpaired) electrons. The molecule has 2 N–H and O–H groups in total. The van der Waals surface area contributed by atoms with Crippen molar-refractivity contribution in [3.8, 4) is 17.1 Å². The first-order valence-electron chi connectivity index (χ1n) is 6.10. The monoisotopic (exact) mass is 245 g/mol. The van der Waals surface area contributed by atoms with Crippen LogP contribution in [0.2, 0.25) is 0 Å². The van der Waals surface area contributed by atoms with Crippen molar-refractivity contribution in [2.24, 2.45) is 0 Å². The largest absolute Gasteiger partial charge is 0.508 e. The Morgan fingerprint density at radius 2 is 2.33 bits per heavy atom. The van der Waals surface area contributed by atoms with E-state index in [2.05, 4.69) is 22.4 Å². The van der Waals surface area contributed by atoms with Crippen LogP contribution in [0.25, 0.3) is 11.4 Å². The lowest BCUT2D eigenvalue weighted by molar-refractivity contribution is 0.345. The maximum absolute atomic E-state index is 9.44. The Bertz CT molecular complexity index is 553. The summed E-state index contributed by atoms with van der Waals surface area (Å²) in [6, 6.07) is 7.23. The molecule has 0 bridgehead atoms. The van der Waals surface area contributed by atoms with E-state index in [0.29, 0.717) is 17.8 Å². The quantitative estimate of drug-likeness (QED) is 0.845. The van der Waals surface area contributed by atoms with Gasteiger partial charge in [-0.25, -0.2) is 0 Å². The van der Waals surface area contributed by atoms with Crippen LogP contribution in [-0.4, -0.2) is 27.8 Å². The van der Waals surface area contributed by atoms with Crippen LogP contribution < -0.4 is 5.32 Å². The maximum atomic E-state index is 9.44. The van der Waals surface area contributed by atoms with Crippen LogP contribution in [0.4, 0.5) is 0 Å². The minimum absolute atomic E-state index is 0.203. The van der Waals surface area contributed by atoms with Crippen molar-refractivity contribution in [1.29, 1.82) is 0 Å². The Balaban J connectivity index is 1.89. The molecule has 0 spiro atoms. The highest BCUT2D eigenvalue weighted by molar-refractivity contribution is 5.56. The number of aromatic nitrogens is 2. The number of rotatable bonds is 2. The van der Waals surface area contributed by atoms with E-state index in [0.717, 1.165) is 18.5 Å². The average Bonchev–Trinajstić information content (AvgIpc) is 2.97. The van der Waals surface area contributed by atoms with Crippen LogP contribution >= 0.6 is 0 Å². The van der Waals surface area contributed by atoms with Gasteiger partial charge in [0.25, 0.3) is 0 Å². The number of phenolic OH excluding ortho intramolecular Hbond substituents is 1. The summed E-state index contributed by atoms with van der Waals surface area (Å²) in [5, 5.41) is 16.8. The van der Waals surface area contributed by atoms with E-state index in [1.165, 1.54) is 0 Å². The predicted octanol–water partition coefficient (Wildman–Crippen LogP) is 1.91. The van der Waals surface area contributed by atoms with Gasteiger partial charge >= 0.3 is 0 Å². The zero-order valence-electron chi connectivity index (χ0n) is 10.1. The Morgan fingerprint density at radius 3 is 3.06 bits per heavy atom. The van der Waals surface area contributed by atoms with Gasteiger partial charge in [0.2, 0.25) is 11.7 Å². The molecule has 1 aromatic carbocycles. The summed E-state index contributed by atoms with van der Waals surface area (Å²) in [6.45, 7) is 3.10. The van der Waals surface area contributed by atoms with Crippen molar-refractivity contribution in [3.63, 3.8) is 0 Å². The Kier molecular flexibility index (Phi) is 2.76. The van der Waals surface area contributed by atoms with E-state index in [4.69, 9.17) is 4.52 Å². The standard InChI is InChI=1S/C13H15N3O2/c1-8-11(5-6-14-8)13-15-12(16-18-13)9-3-2-4-10(17)7-9/h2-4,7-8,11,14,17H,5-6H2,1H3. The molecule has 2 atom stereocenters. The molecule has 5 heteroatoms. The average molecular weight is 245 g/mol. The zero-order chi connectivity index (χ0) is 12.5. The summed E-state index contributed by atoms with van der Waals surface area (Å²) in [4.78, 5) is 4.43. The molecule has 94 valence electrons. The number of aromatic hydroxyl groups is 1. The lowest BCUT2D eigenvalue weighted by Gasteiger charge is -2.08. The second kappa shape index (κ2) is 4.42. The number of hydrogen-bond acceptors (Lipinski definition) is 5. The van der Waals surface area contributed by atoms with Gasteiger partial charge in [-0.05, 0) is 32.0 Å².